The van der Waals surface area contributed by atoms with Gasteiger partial charge < -0.3 is 0 Å². The smallest absolute Gasteiger partial charge is 0.00610 e. The van der Waals surface area contributed by atoms with Gasteiger partial charge in [-0.25, -0.2) is 0 Å². The van der Waals surface area contributed by atoms with E-state index in [-0.39, 0.29) is 0 Å². The van der Waals surface area contributed by atoms with E-state index in [1.54, 1.807) is 0 Å². The van der Waals surface area contributed by atoms with Gasteiger partial charge in [-0.3, -0.25) is 0 Å². The zero-order chi connectivity index (χ0) is 14.7. The Morgan fingerprint density at radius 3 is 1.53 bits per heavy atom. The first-order valence-corrected chi connectivity index (χ1v) is 7.39. The molecule has 0 spiro atoms. The number of aryl methyl sites for hydroxylation is 1. The van der Waals surface area contributed by atoms with Crippen LogP contribution in [-0.2, 0) is 0 Å². The summed E-state index contributed by atoms with van der Waals surface area (Å²) in [6.45, 7) is 12.4. The van der Waals surface area contributed by atoms with Crippen molar-refractivity contribution in [1.29, 1.82) is 0 Å². The van der Waals surface area contributed by atoms with Crippen LogP contribution in [0.5, 0.6) is 0 Å². The fourth-order valence-electron chi connectivity index (χ4n) is 1.79. The van der Waals surface area contributed by atoms with Gasteiger partial charge in [0.05, 0.1) is 0 Å². The van der Waals surface area contributed by atoms with E-state index < -0.39 is 0 Å². The van der Waals surface area contributed by atoms with Gasteiger partial charge in [-0.15, -0.1) is 0 Å². The zero-order valence-electron chi connectivity index (χ0n) is 13.3. The van der Waals surface area contributed by atoms with Crippen LogP contribution >= 0.6 is 0 Å². The molecule has 0 amide bonds. The normalized spacial score (nSPS) is 10.4. The molecule has 0 N–H and O–H groups in total. The molecule has 0 fully saturated rings. The molecule has 1 atom stereocenters. The summed E-state index contributed by atoms with van der Waals surface area (Å²) in [6, 6.07) is 19.4. The van der Waals surface area contributed by atoms with Crippen molar-refractivity contribution in [2.24, 2.45) is 0 Å². The summed E-state index contributed by atoms with van der Waals surface area (Å²) in [5, 5.41) is 0. The first-order valence-electron chi connectivity index (χ1n) is 7.39. The third-order valence-corrected chi connectivity index (χ3v) is 2.88. The highest BCUT2D eigenvalue weighted by atomic mass is 14.1. The molecule has 2 aromatic carbocycles. The summed E-state index contributed by atoms with van der Waals surface area (Å²) in [7, 11) is 0. The average molecular weight is 256 g/mol. The van der Waals surface area contributed by atoms with E-state index in [9.17, 15) is 0 Å². The van der Waals surface area contributed by atoms with Crippen LogP contribution in [0.2, 0.25) is 0 Å². The van der Waals surface area contributed by atoms with E-state index in [0.717, 1.165) is 0 Å². The summed E-state index contributed by atoms with van der Waals surface area (Å²) >= 11 is 0. The number of benzene rings is 2. The minimum Gasteiger partial charge on any atom is -0.0683 e. The summed E-state index contributed by atoms with van der Waals surface area (Å²) in [5.74, 6) is 0.479. The Morgan fingerprint density at radius 1 is 0.632 bits per heavy atom. The molecule has 2 aromatic rings. The first kappa shape index (κ1) is 17.4. The lowest BCUT2D eigenvalue weighted by Crippen LogP contribution is -1.95. The fraction of sp³-hybridized carbons (Fsp3) is 0.368. The van der Waals surface area contributed by atoms with Crippen LogP contribution in [0.3, 0.4) is 0 Å². The number of rotatable bonds is 2. The van der Waals surface area contributed by atoms with Crippen LogP contribution in [-0.4, -0.2) is 0 Å². The molecule has 0 aliphatic heterocycles. The van der Waals surface area contributed by atoms with Gasteiger partial charge in [0, 0.05) is 5.92 Å². The summed E-state index contributed by atoms with van der Waals surface area (Å²) < 4.78 is 0. The molecule has 0 heterocycles. The van der Waals surface area contributed by atoms with Crippen LogP contribution in [0, 0.1) is 6.92 Å². The lowest BCUT2D eigenvalue weighted by Gasteiger charge is -2.12. The molecule has 2 rings (SSSR count). The van der Waals surface area contributed by atoms with Crippen molar-refractivity contribution in [1.82, 2.24) is 0 Å². The Bertz CT molecular complexity index is 412. The maximum Gasteiger partial charge on any atom is 0.00610 e. The predicted octanol–water partition coefficient (Wildman–Crippen LogP) is 6.20. The molecule has 19 heavy (non-hydrogen) atoms. The second-order valence-electron chi connectivity index (χ2n) is 4.04. The van der Waals surface area contributed by atoms with Gasteiger partial charge in [0.1, 0.15) is 0 Å². The van der Waals surface area contributed by atoms with Crippen LogP contribution in [0.25, 0.3) is 0 Å². The molecular weight excluding hydrogens is 228 g/mol. The van der Waals surface area contributed by atoms with E-state index in [2.05, 4.69) is 68.4 Å². The zero-order valence-corrected chi connectivity index (χ0v) is 13.3. The molecule has 0 aliphatic rings. The van der Waals surface area contributed by atoms with Crippen molar-refractivity contribution in [2.45, 2.75) is 47.5 Å². The number of hydrogen-bond acceptors (Lipinski definition) is 0. The summed E-state index contributed by atoms with van der Waals surface area (Å²) in [4.78, 5) is 0. The van der Waals surface area contributed by atoms with Crippen molar-refractivity contribution in [3.8, 4) is 0 Å². The minimum absolute atomic E-state index is 0.479. The van der Waals surface area contributed by atoms with Crippen LogP contribution in [0.15, 0.2) is 54.6 Å². The third kappa shape index (κ3) is 5.74. The van der Waals surface area contributed by atoms with Gasteiger partial charge in [0.15, 0.2) is 0 Å². The standard InChI is InChI=1S/C15H16.2C2H6/c1-12-8-10-15(11-9-12)13(2)14-6-4-3-5-7-14;2*1-2/h3-11,13H,1-2H3;2*1-2H3. The Morgan fingerprint density at radius 2 is 1.05 bits per heavy atom. The van der Waals surface area contributed by atoms with Gasteiger partial charge >= 0.3 is 0 Å². The molecule has 0 nitrogen and oxygen atoms in total. The van der Waals surface area contributed by atoms with Gasteiger partial charge in [0.25, 0.3) is 0 Å². The SMILES string of the molecule is CC.CC.Cc1ccc(C(C)c2ccccc2)cc1. The fourth-order valence-corrected chi connectivity index (χ4v) is 1.79. The lowest BCUT2D eigenvalue weighted by atomic mass is 9.93. The monoisotopic (exact) mass is 256 g/mol. The Kier molecular flexibility index (Phi) is 9.52. The van der Waals surface area contributed by atoms with Crippen LogP contribution in [0.4, 0.5) is 0 Å². The maximum absolute atomic E-state index is 2.25. The van der Waals surface area contributed by atoms with Crippen LogP contribution in [0.1, 0.15) is 57.2 Å². The van der Waals surface area contributed by atoms with Crippen molar-refractivity contribution in [3.63, 3.8) is 0 Å². The Labute approximate surface area is 119 Å². The maximum atomic E-state index is 2.25. The third-order valence-electron chi connectivity index (χ3n) is 2.88. The van der Waals surface area contributed by atoms with Gasteiger partial charge in [-0.1, -0.05) is 94.8 Å². The van der Waals surface area contributed by atoms with E-state index in [4.69, 9.17) is 0 Å². The second-order valence-corrected chi connectivity index (χ2v) is 4.04. The number of hydrogen-bond donors (Lipinski definition) is 0. The molecule has 0 saturated heterocycles. The molecular formula is C19H28. The van der Waals surface area contributed by atoms with Crippen molar-refractivity contribution >= 4 is 0 Å². The lowest BCUT2D eigenvalue weighted by molar-refractivity contribution is 0.921. The van der Waals surface area contributed by atoms with Crippen LogP contribution < -0.4 is 0 Å². The Balaban J connectivity index is 0.000000741. The first-order chi connectivity index (χ1) is 9.27. The van der Waals surface area contributed by atoms with E-state index >= 15 is 0 Å². The highest BCUT2D eigenvalue weighted by Gasteiger charge is 2.06. The molecule has 0 aliphatic carbocycles. The van der Waals surface area contributed by atoms with Gasteiger partial charge in [-0.2, -0.15) is 0 Å². The average Bonchev–Trinajstić information content (AvgIpc) is 2.52. The summed E-state index contributed by atoms with van der Waals surface area (Å²) in [6.07, 6.45) is 0. The Hall–Kier alpha value is -1.56. The molecule has 1 unspecified atom stereocenters. The largest absolute Gasteiger partial charge is 0.0683 e. The van der Waals surface area contributed by atoms with E-state index in [1.807, 2.05) is 27.7 Å². The minimum atomic E-state index is 0.479. The van der Waals surface area contributed by atoms with E-state index in [1.165, 1.54) is 16.7 Å². The van der Waals surface area contributed by atoms with Crippen molar-refractivity contribution in [3.05, 3.63) is 71.3 Å². The highest BCUT2D eigenvalue weighted by molar-refractivity contribution is 5.32. The predicted molar refractivity (Wildman–Crippen MR) is 87.8 cm³/mol. The molecule has 0 aromatic heterocycles. The van der Waals surface area contributed by atoms with Gasteiger partial charge in [0.2, 0.25) is 0 Å². The quantitative estimate of drug-likeness (QED) is 0.600. The molecule has 0 saturated carbocycles. The van der Waals surface area contributed by atoms with Crippen molar-refractivity contribution in [2.75, 3.05) is 0 Å². The van der Waals surface area contributed by atoms with Crippen molar-refractivity contribution < 1.29 is 0 Å². The second kappa shape index (κ2) is 10.4. The molecule has 0 radical (unpaired) electrons. The molecule has 0 bridgehead atoms. The van der Waals surface area contributed by atoms with E-state index in [0.29, 0.717) is 5.92 Å². The highest BCUT2D eigenvalue weighted by Crippen LogP contribution is 2.23. The topological polar surface area (TPSA) is 0 Å². The summed E-state index contributed by atoms with van der Waals surface area (Å²) in [5.41, 5.74) is 4.08. The molecule has 0 heteroatoms. The van der Waals surface area contributed by atoms with Gasteiger partial charge in [-0.05, 0) is 18.1 Å². The molecule has 104 valence electrons.